The predicted molar refractivity (Wildman–Crippen MR) is 82.9 cm³/mol. The third-order valence-electron chi connectivity index (χ3n) is 3.65. The second kappa shape index (κ2) is 6.04. The van der Waals surface area contributed by atoms with Gasteiger partial charge in [-0.1, -0.05) is 30.3 Å². The van der Waals surface area contributed by atoms with Gasteiger partial charge in [0.2, 0.25) is 5.13 Å². The number of nitrogens with one attached hydrogen (secondary N) is 1. The number of urea groups is 1. The van der Waals surface area contributed by atoms with Gasteiger partial charge in [0.25, 0.3) is 0 Å². The number of anilines is 1. The van der Waals surface area contributed by atoms with Crippen LogP contribution in [-0.4, -0.2) is 32.8 Å². The van der Waals surface area contributed by atoms with Crippen molar-refractivity contribution in [3.05, 3.63) is 22.5 Å². The Morgan fingerprint density at radius 3 is 2.95 bits per heavy atom. The van der Waals surface area contributed by atoms with Gasteiger partial charge in [0.1, 0.15) is 16.5 Å². The molecule has 1 atom stereocenters. The van der Waals surface area contributed by atoms with Gasteiger partial charge in [-0.2, -0.15) is 0 Å². The van der Waals surface area contributed by atoms with Crippen LogP contribution in [0.3, 0.4) is 0 Å². The molecule has 1 fully saturated rings. The van der Waals surface area contributed by atoms with Crippen molar-refractivity contribution in [2.75, 3.05) is 11.9 Å². The van der Waals surface area contributed by atoms with Crippen molar-refractivity contribution in [2.24, 2.45) is 0 Å². The molecule has 3 heterocycles. The van der Waals surface area contributed by atoms with Gasteiger partial charge in [-0.3, -0.25) is 5.32 Å². The molecule has 8 heteroatoms. The lowest BCUT2D eigenvalue weighted by atomic mass is 10.1. The minimum Gasteiger partial charge on any atom is -0.361 e. The predicted octanol–water partition coefficient (Wildman–Crippen LogP) is 3.33. The molecule has 3 rings (SSSR count). The normalized spacial score (nSPS) is 18.2. The number of amides is 2. The van der Waals surface area contributed by atoms with Crippen LogP contribution in [0, 0.1) is 6.92 Å². The van der Waals surface area contributed by atoms with Crippen LogP contribution in [0.1, 0.15) is 55.1 Å². The molecule has 0 aromatic carbocycles. The van der Waals surface area contributed by atoms with Gasteiger partial charge in [-0.25, -0.2) is 4.79 Å². The zero-order valence-electron chi connectivity index (χ0n) is 12.9. The van der Waals surface area contributed by atoms with E-state index in [2.05, 4.69) is 34.5 Å². The first-order valence-corrected chi connectivity index (χ1v) is 8.20. The quantitative estimate of drug-likeness (QED) is 0.937. The van der Waals surface area contributed by atoms with Crippen LogP contribution in [0.4, 0.5) is 9.93 Å². The van der Waals surface area contributed by atoms with Crippen LogP contribution in [0.2, 0.25) is 0 Å². The lowest BCUT2D eigenvalue weighted by Crippen LogP contribution is -2.34. The molecule has 0 spiro atoms. The number of carbonyl (C=O) groups is 1. The number of aryl methyl sites for hydroxylation is 1. The number of likely N-dealkylation sites (tertiary alicyclic amines) is 1. The second-order valence-electron chi connectivity index (χ2n) is 5.74. The summed E-state index contributed by atoms with van der Waals surface area (Å²) in [5, 5.41) is 16.4. The van der Waals surface area contributed by atoms with Crippen molar-refractivity contribution in [2.45, 2.75) is 45.6 Å². The van der Waals surface area contributed by atoms with E-state index in [-0.39, 0.29) is 12.1 Å². The Labute approximate surface area is 132 Å². The largest absolute Gasteiger partial charge is 0.361 e. The fraction of sp³-hybridized carbons (Fsp3) is 0.571. The van der Waals surface area contributed by atoms with Gasteiger partial charge in [0.05, 0.1) is 6.04 Å². The highest BCUT2D eigenvalue weighted by atomic mass is 32.1. The van der Waals surface area contributed by atoms with Gasteiger partial charge >= 0.3 is 6.03 Å². The minimum atomic E-state index is -0.158. The van der Waals surface area contributed by atoms with E-state index >= 15 is 0 Å². The number of nitrogens with zero attached hydrogens (tertiary/aromatic N) is 4. The van der Waals surface area contributed by atoms with E-state index in [0.29, 0.717) is 17.6 Å². The summed E-state index contributed by atoms with van der Waals surface area (Å²) in [6.45, 7) is 6.66. The Hall–Kier alpha value is -1.96. The van der Waals surface area contributed by atoms with E-state index in [1.165, 1.54) is 11.3 Å². The summed E-state index contributed by atoms with van der Waals surface area (Å²) in [6.07, 6.45) is 1.85. The fourth-order valence-electron chi connectivity index (χ4n) is 2.54. The molecule has 118 valence electrons. The highest BCUT2D eigenvalue weighted by Gasteiger charge is 2.32. The van der Waals surface area contributed by atoms with E-state index in [4.69, 9.17) is 4.52 Å². The van der Waals surface area contributed by atoms with Crippen molar-refractivity contribution in [3.63, 3.8) is 0 Å². The van der Waals surface area contributed by atoms with E-state index < -0.39 is 0 Å². The second-order valence-corrected chi connectivity index (χ2v) is 6.75. The van der Waals surface area contributed by atoms with E-state index in [9.17, 15) is 4.79 Å². The fourth-order valence-corrected chi connectivity index (χ4v) is 3.28. The molecule has 2 amide bonds. The molecule has 0 bridgehead atoms. The number of aromatic nitrogens is 3. The molecule has 0 saturated carbocycles. The standard InChI is InChI=1S/C14H19N5O2S/c1-8(2)12-16-17-13(22-12)15-14(20)19-6-4-5-11(19)10-7-9(3)21-18-10/h7-8,11H,4-6H2,1-3H3,(H,15,17,20). The van der Waals surface area contributed by atoms with Crippen LogP contribution in [0.5, 0.6) is 0 Å². The minimum absolute atomic E-state index is 0.0325. The van der Waals surface area contributed by atoms with Gasteiger partial charge in [0.15, 0.2) is 0 Å². The molecule has 7 nitrogen and oxygen atoms in total. The summed E-state index contributed by atoms with van der Waals surface area (Å²) < 4.78 is 5.12. The summed E-state index contributed by atoms with van der Waals surface area (Å²) in [5.41, 5.74) is 0.810. The van der Waals surface area contributed by atoms with Crippen molar-refractivity contribution < 1.29 is 9.32 Å². The molecule has 22 heavy (non-hydrogen) atoms. The maximum Gasteiger partial charge on any atom is 0.324 e. The van der Waals surface area contributed by atoms with Crippen molar-refractivity contribution in [3.8, 4) is 0 Å². The SMILES string of the molecule is Cc1cc(C2CCCN2C(=O)Nc2nnc(C(C)C)s2)no1. The van der Waals surface area contributed by atoms with Gasteiger partial charge in [-0.15, -0.1) is 10.2 Å². The van der Waals surface area contributed by atoms with Gasteiger partial charge in [-0.05, 0) is 19.8 Å². The van der Waals surface area contributed by atoms with Crippen molar-refractivity contribution >= 4 is 22.5 Å². The molecule has 1 saturated heterocycles. The Morgan fingerprint density at radius 2 is 2.32 bits per heavy atom. The first-order valence-electron chi connectivity index (χ1n) is 7.39. The van der Waals surface area contributed by atoms with E-state index in [1.807, 2.05) is 13.0 Å². The van der Waals surface area contributed by atoms with Crippen LogP contribution < -0.4 is 5.32 Å². The molecule has 0 aliphatic carbocycles. The number of hydrogen-bond donors (Lipinski definition) is 1. The smallest absolute Gasteiger partial charge is 0.324 e. The molecule has 2 aromatic heterocycles. The highest BCUT2D eigenvalue weighted by Crippen LogP contribution is 2.32. The van der Waals surface area contributed by atoms with Gasteiger partial charge < -0.3 is 9.42 Å². The average molecular weight is 321 g/mol. The lowest BCUT2D eigenvalue weighted by molar-refractivity contribution is 0.204. The maximum absolute atomic E-state index is 12.5. The summed E-state index contributed by atoms with van der Waals surface area (Å²) in [6, 6.07) is 1.70. The van der Waals surface area contributed by atoms with Crippen LogP contribution in [0.25, 0.3) is 0 Å². The van der Waals surface area contributed by atoms with E-state index in [1.54, 1.807) is 4.90 Å². The van der Waals surface area contributed by atoms with E-state index in [0.717, 1.165) is 29.3 Å². The molecule has 1 aliphatic rings. The molecular weight excluding hydrogens is 302 g/mol. The third-order valence-corrected chi connectivity index (χ3v) is 4.79. The Balaban J connectivity index is 1.70. The number of hydrogen-bond acceptors (Lipinski definition) is 6. The molecule has 1 aliphatic heterocycles. The maximum atomic E-state index is 12.5. The Bertz CT molecular complexity index is 666. The van der Waals surface area contributed by atoms with Crippen molar-refractivity contribution in [1.82, 2.24) is 20.3 Å². The van der Waals surface area contributed by atoms with Crippen molar-refractivity contribution in [1.29, 1.82) is 0 Å². The Morgan fingerprint density at radius 1 is 1.50 bits per heavy atom. The topological polar surface area (TPSA) is 84.2 Å². The van der Waals surface area contributed by atoms with Crippen LogP contribution >= 0.6 is 11.3 Å². The zero-order chi connectivity index (χ0) is 15.7. The molecule has 2 aromatic rings. The first kappa shape index (κ1) is 15.0. The first-order chi connectivity index (χ1) is 10.5. The molecule has 1 unspecified atom stereocenters. The number of carbonyl (C=O) groups excluding carboxylic acids is 1. The lowest BCUT2D eigenvalue weighted by Gasteiger charge is -2.22. The molecule has 1 N–H and O–H groups in total. The van der Waals surface area contributed by atoms with Gasteiger partial charge in [0, 0.05) is 18.5 Å². The van der Waals surface area contributed by atoms with Crippen LogP contribution in [-0.2, 0) is 0 Å². The zero-order valence-corrected chi connectivity index (χ0v) is 13.7. The number of rotatable bonds is 3. The highest BCUT2D eigenvalue weighted by molar-refractivity contribution is 7.15. The monoisotopic (exact) mass is 321 g/mol. The Kier molecular flexibility index (Phi) is 4.10. The average Bonchev–Trinajstić information content (AvgIpc) is 3.16. The summed E-state index contributed by atoms with van der Waals surface area (Å²) in [5.74, 6) is 1.06. The summed E-state index contributed by atoms with van der Waals surface area (Å²) >= 11 is 1.41. The third kappa shape index (κ3) is 2.96. The summed E-state index contributed by atoms with van der Waals surface area (Å²) in [7, 11) is 0. The molecular formula is C14H19N5O2S. The molecule has 0 radical (unpaired) electrons. The summed E-state index contributed by atoms with van der Waals surface area (Å²) in [4.78, 5) is 14.3. The van der Waals surface area contributed by atoms with Crippen LogP contribution in [0.15, 0.2) is 10.6 Å².